The van der Waals surface area contributed by atoms with Crippen molar-refractivity contribution in [1.29, 1.82) is 0 Å². The van der Waals surface area contributed by atoms with Crippen LogP contribution in [0.2, 0.25) is 0 Å². The van der Waals surface area contributed by atoms with Gasteiger partial charge in [0.15, 0.2) is 0 Å². The van der Waals surface area contributed by atoms with Gasteiger partial charge < -0.3 is 15.7 Å². The lowest BCUT2D eigenvalue weighted by molar-refractivity contribution is -0.123. The summed E-state index contributed by atoms with van der Waals surface area (Å²) < 4.78 is 0. The zero-order chi connectivity index (χ0) is 13.8. The summed E-state index contributed by atoms with van der Waals surface area (Å²) in [5, 5.41) is 15.7. The van der Waals surface area contributed by atoms with Gasteiger partial charge in [0.2, 0.25) is 5.91 Å². The van der Waals surface area contributed by atoms with Crippen molar-refractivity contribution in [3.63, 3.8) is 0 Å². The van der Waals surface area contributed by atoms with E-state index in [9.17, 15) is 9.90 Å². The molecule has 4 heteroatoms. The van der Waals surface area contributed by atoms with E-state index in [1.807, 2.05) is 0 Å². The van der Waals surface area contributed by atoms with Crippen LogP contribution < -0.4 is 10.6 Å². The van der Waals surface area contributed by atoms with Gasteiger partial charge in [0, 0.05) is 12.6 Å². The van der Waals surface area contributed by atoms with E-state index in [0.717, 1.165) is 24.7 Å². The Labute approximate surface area is 116 Å². The molecule has 110 valence electrons. The average molecular weight is 268 g/mol. The van der Waals surface area contributed by atoms with Crippen LogP contribution in [0.25, 0.3) is 0 Å². The Morgan fingerprint density at radius 2 is 2.05 bits per heavy atom. The number of hydrogen-bond donors (Lipinski definition) is 3. The first-order chi connectivity index (χ1) is 9.10. The molecule has 0 bridgehead atoms. The lowest BCUT2D eigenvalue weighted by Crippen LogP contribution is -2.46. The van der Waals surface area contributed by atoms with Gasteiger partial charge in [-0.25, -0.2) is 0 Å². The quantitative estimate of drug-likeness (QED) is 0.723. The predicted molar refractivity (Wildman–Crippen MR) is 75.8 cm³/mol. The lowest BCUT2D eigenvalue weighted by Gasteiger charge is -2.32. The summed E-state index contributed by atoms with van der Waals surface area (Å²) in [5.41, 5.74) is 0. The van der Waals surface area contributed by atoms with Crippen LogP contribution in [0.3, 0.4) is 0 Å². The normalized spacial score (nSPS) is 37.0. The topological polar surface area (TPSA) is 61.4 Å². The highest BCUT2D eigenvalue weighted by atomic mass is 16.3. The Bertz CT molecular complexity index is 301. The Hall–Kier alpha value is -0.610. The second-order valence-electron chi connectivity index (χ2n) is 6.36. The van der Waals surface area contributed by atoms with E-state index in [0.29, 0.717) is 19.0 Å². The fraction of sp³-hybridized carbons (Fsp3) is 0.933. The van der Waals surface area contributed by atoms with E-state index in [-0.39, 0.29) is 18.1 Å². The van der Waals surface area contributed by atoms with Gasteiger partial charge in [-0.3, -0.25) is 4.79 Å². The van der Waals surface area contributed by atoms with E-state index >= 15 is 0 Å². The van der Waals surface area contributed by atoms with Crippen LogP contribution in [0.4, 0.5) is 0 Å². The molecule has 1 aliphatic carbocycles. The van der Waals surface area contributed by atoms with Crippen molar-refractivity contribution in [1.82, 2.24) is 10.6 Å². The van der Waals surface area contributed by atoms with Gasteiger partial charge in [-0.1, -0.05) is 20.3 Å². The predicted octanol–water partition coefficient (Wildman–Crippen LogP) is 1.43. The van der Waals surface area contributed by atoms with E-state index in [4.69, 9.17) is 0 Å². The highest BCUT2D eigenvalue weighted by Gasteiger charge is 2.31. The number of β-amino-alcohol motifs (C(OH)–C–C–N with tert-alkyl or cyclic N) is 1. The molecule has 1 heterocycles. The number of carbonyl (C=O) groups is 1. The molecule has 0 spiro atoms. The molecule has 2 aliphatic rings. The molecule has 1 saturated carbocycles. The molecule has 0 aromatic carbocycles. The van der Waals surface area contributed by atoms with Crippen LogP contribution >= 0.6 is 0 Å². The summed E-state index contributed by atoms with van der Waals surface area (Å²) >= 11 is 0. The minimum atomic E-state index is -0.364. The maximum absolute atomic E-state index is 12.0. The van der Waals surface area contributed by atoms with E-state index in [1.54, 1.807) is 0 Å². The first-order valence-electron chi connectivity index (χ1n) is 7.82. The maximum atomic E-state index is 12.0. The number of nitrogens with one attached hydrogen (secondary N) is 2. The molecule has 1 amide bonds. The highest BCUT2D eigenvalue weighted by Crippen LogP contribution is 2.31. The third-order valence-electron chi connectivity index (χ3n) is 4.99. The molecule has 1 aliphatic heterocycles. The molecular formula is C15H28N2O2. The van der Waals surface area contributed by atoms with Crippen molar-refractivity contribution in [3.05, 3.63) is 0 Å². The van der Waals surface area contributed by atoms with Gasteiger partial charge in [0.1, 0.15) is 0 Å². The molecule has 0 radical (unpaired) electrons. The lowest BCUT2D eigenvalue weighted by atomic mass is 9.78. The monoisotopic (exact) mass is 268 g/mol. The van der Waals surface area contributed by atoms with Crippen molar-refractivity contribution >= 4 is 5.91 Å². The average Bonchev–Trinajstić information content (AvgIpc) is 2.85. The zero-order valence-corrected chi connectivity index (χ0v) is 12.2. The van der Waals surface area contributed by atoms with Crippen LogP contribution in [-0.4, -0.2) is 35.7 Å². The van der Waals surface area contributed by atoms with Gasteiger partial charge >= 0.3 is 0 Å². The third kappa shape index (κ3) is 3.93. The molecule has 3 atom stereocenters. The number of aliphatic hydroxyl groups excluding tert-OH is 1. The van der Waals surface area contributed by atoms with Gasteiger partial charge in [0.05, 0.1) is 12.1 Å². The number of hydrogen-bond acceptors (Lipinski definition) is 3. The molecule has 4 nitrogen and oxygen atoms in total. The number of aliphatic hydroxyl groups is 1. The van der Waals surface area contributed by atoms with Gasteiger partial charge in [-0.15, -0.1) is 0 Å². The minimum Gasteiger partial charge on any atom is -0.392 e. The summed E-state index contributed by atoms with van der Waals surface area (Å²) in [5.74, 6) is 1.72. The fourth-order valence-electron chi connectivity index (χ4n) is 3.38. The van der Waals surface area contributed by atoms with Gasteiger partial charge in [-0.05, 0) is 43.9 Å². The number of amides is 1. The third-order valence-corrected chi connectivity index (χ3v) is 4.99. The standard InChI is InChI=1S/C15H28N2O2/c1-3-10(2)11-4-6-12(7-5-11)17-15(19)14-8-13(18)9-16-14/h10-14,16,18H,3-9H2,1-2H3,(H,17,19)/t10?,11-,12-,13-,14+/m1/s1. The smallest absolute Gasteiger partial charge is 0.237 e. The van der Waals surface area contributed by atoms with Crippen LogP contribution in [0.5, 0.6) is 0 Å². The Morgan fingerprint density at radius 3 is 2.58 bits per heavy atom. The second kappa shape index (κ2) is 6.71. The summed E-state index contributed by atoms with van der Waals surface area (Å²) in [6.45, 7) is 5.14. The van der Waals surface area contributed by atoms with Crippen molar-refractivity contribution in [3.8, 4) is 0 Å². The summed E-state index contributed by atoms with van der Waals surface area (Å²) in [6.07, 6.45) is 6.13. The summed E-state index contributed by atoms with van der Waals surface area (Å²) in [4.78, 5) is 12.0. The fourth-order valence-corrected chi connectivity index (χ4v) is 3.38. The van der Waals surface area contributed by atoms with Crippen molar-refractivity contribution in [2.24, 2.45) is 11.8 Å². The molecular weight excluding hydrogens is 240 g/mol. The van der Waals surface area contributed by atoms with Crippen molar-refractivity contribution in [2.45, 2.75) is 70.6 Å². The Balaban J connectivity index is 1.72. The SMILES string of the molecule is CCC(C)[C@H]1CC[C@H](NC(=O)[C@@H]2C[C@@H](O)CN2)CC1. The van der Waals surface area contributed by atoms with Crippen LogP contribution in [0, 0.1) is 11.8 Å². The van der Waals surface area contributed by atoms with Gasteiger partial charge in [0.25, 0.3) is 0 Å². The molecule has 3 N–H and O–H groups in total. The minimum absolute atomic E-state index is 0.0727. The molecule has 1 unspecified atom stereocenters. The maximum Gasteiger partial charge on any atom is 0.237 e. The molecule has 0 aromatic rings. The first kappa shape index (κ1) is 14.8. The van der Waals surface area contributed by atoms with Crippen molar-refractivity contribution in [2.75, 3.05) is 6.54 Å². The number of carbonyl (C=O) groups excluding carboxylic acids is 1. The highest BCUT2D eigenvalue weighted by molar-refractivity contribution is 5.82. The Kier molecular flexibility index (Phi) is 5.22. The molecule has 2 rings (SSSR count). The van der Waals surface area contributed by atoms with Gasteiger partial charge in [-0.2, -0.15) is 0 Å². The zero-order valence-electron chi connectivity index (χ0n) is 12.2. The van der Waals surface area contributed by atoms with E-state index in [2.05, 4.69) is 24.5 Å². The summed E-state index contributed by atoms with van der Waals surface area (Å²) in [6, 6.07) is 0.148. The molecule has 1 saturated heterocycles. The van der Waals surface area contributed by atoms with E-state index in [1.165, 1.54) is 19.3 Å². The Morgan fingerprint density at radius 1 is 1.37 bits per heavy atom. The van der Waals surface area contributed by atoms with E-state index < -0.39 is 0 Å². The van der Waals surface area contributed by atoms with Crippen LogP contribution in [-0.2, 0) is 4.79 Å². The first-order valence-corrected chi connectivity index (χ1v) is 7.82. The van der Waals surface area contributed by atoms with Crippen LogP contribution in [0.1, 0.15) is 52.4 Å². The van der Waals surface area contributed by atoms with Crippen molar-refractivity contribution < 1.29 is 9.90 Å². The molecule has 2 fully saturated rings. The molecule has 0 aromatic heterocycles. The van der Waals surface area contributed by atoms with Crippen LogP contribution in [0.15, 0.2) is 0 Å². The number of rotatable bonds is 4. The second-order valence-corrected chi connectivity index (χ2v) is 6.36. The molecule has 19 heavy (non-hydrogen) atoms. The summed E-state index contributed by atoms with van der Waals surface area (Å²) in [7, 11) is 0. The largest absolute Gasteiger partial charge is 0.392 e.